The van der Waals surface area contributed by atoms with Crippen molar-refractivity contribution >= 4 is 11.8 Å². The van der Waals surface area contributed by atoms with Crippen LogP contribution in [0.1, 0.15) is 0 Å². The minimum Gasteiger partial charge on any atom is -0.348 e. The monoisotopic (exact) mass is 226 g/mol. The maximum atomic E-state index is 12.4. The van der Waals surface area contributed by atoms with Crippen LogP contribution in [-0.2, 0) is 9.59 Å². The molecule has 0 aliphatic rings. The predicted molar refractivity (Wildman–Crippen MR) is 46.9 cm³/mol. The number of carbonyl (C=O) groups excluding carboxylic acids is 2. The molecule has 0 aromatic rings. The van der Waals surface area contributed by atoms with Crippen LogP contribution in [0.5, 0.6) is 0 Å². The molecule has 0 unspecified atom stereocenters. The first-order valence-electron chi connectivity index (χ1n) is 4.08. The largest absolute Gasteiger partial charge is 0.409 e. The van der Waals surface area contributed by atoms with E-state index in [0.717, 1.165) is 9.80 Å². The minimum absolute atomic E-state index is 0.750. The molecule has 0 aliphatic heterocycles. The average molecular weight is 226 g/mol. The Labute approximate surface area is 85.6 Å². The Kier molecular flexibility index (Phi) is 4.12. The van der Waals surface area contributed by atoms with Crippen LogP contribution < -0.4 is 0 Å². The number of hydrogen-bond donors (Lipinski definition) is 0. The van der Waals surface area contributed by atoms with Crippen molar-refractivity contribution in [2.75, 3.05) is 28.2 Å². The Hall–Kier alpha value is -1.27. The maximum absolute atomic E-state index is 12.4. The second-order valence-electron chi connectivity index (χ2n) is 3.44. The SMILES string of the molecule is CN(C)C(=O)C(C(=O)N(C)C)C(F)(F)F. The van der Waals surface area contributed by atoms with Crippen molar-refractivity contribution in [1.82, 2.24) is 9.80 Å². The summed E-state index contributed by atoms with van der Waals surface area (Å²) in [5.41, 5.74) is 0. The first-order chi connectivity index (χ1) is 6.59. The molecule has 0 saturated carbocycles. The van der Waals surface area contributed by atoms with E-state index in [0.29, 0.717) is 0 Å². The van der Waals surface area contributed by atoms with Gasteiger partial charge >= 0.3 is 6.18 Å². The van der Waals surface area contributed by atoms with Gasteiger partial charge in [0, 0.05) is 28.2 Å². The molecule has 0 aliphatic carbocycles. The summed E-state index contributed by atoms with van der Waals surface area (Å²) < 4.78 is 37.3. The van der Waals surface area contributed by atoms with Gasteiger partial charge in [-0.25, -0.2) is 0 Å². The van der Waals surface area contributed by atoms with Gasteiger partial charge in [-0.05, 0) is 0 Å². The van der Waals surface area contributed by atoms with E-state index in [1.54, 1.807) is 0 Å². The van der Waals surface area contributed by atoms with Crippen molar-refractivity contribution in [3.63, 3.8) is 0 Å². The summed E-state index contributed by atoms with van der Waals surface area (Å²) in [5.74, 6) is -5.13. The predicted octanol–water partition coefficient (Wildman–Crippen LogP) is 0.341. The van der Waals surface area contributed by atoms with Crippen LogP contribution >= 0.6 is 0 Å². The number of alkyl halides is 3. The zero-order valence-electron chi connectivity index (χ0n) is 8.92. The Morgan fingerprint density at radius 3 is 1.33 bits per heavy atom. The van der Waals surface area contributed by atoms with E-state index < -0.39 is 23.9 Å². The first kappa shape index (κ1) is 13.7. The van der Waals surface area contributed by atoms with Crippen molar-refractivity contribution in [3.8, 4) is 0 Å². The summed E-state index contributed by atoms with van der Waals surface area (Å²) in [6, 6.07) is 0. The normalized spacial score (nSPS) is 11.5. The van der Waals surface area contributed by atoms with Gasteiger partial charge in [0.2, 0.25) is 17.7 Å². The Bertz CT molecular complexity index is 241. The summed E-state index contributed by atoms with van der Waals surface area (Å²) in [7, 11) is 4.68. The van der Waals surface area contributed by atoms with Crippen molar-refractivity contribution in [1.29, 1.82) is 0 Å². The molecule has 0 spiro atoms. The lowest BCUT2D eigenvalue weighted by Gasteiger charge is -2.24. The lowest BCUT2D eigenvalue weighted by atomic mass is 10.1. The zero-order chi connectivity index (χ0) is 12.4. The molecule has 0 fully saturated rings. The number of halogens is 3. The quantitative estimate of drug-likeness (QED) is 0.637. The maximum Gasteiger partial charge on any atom is 0.409 e. The third kappa shape index (κ3) is 3.41. The summed E-state index contributed by atoms with van der Waals surface area (Å²) in [5, 5.41) is 0. The molecule has 0 atom stereocenters. The highest BCUT2D eigenvalue weighted by atomic mass is 19.4. The van der Waals surface area contributed by atoms with Crippen LogP contribution in [0.25, 0.3) is 0 Å². The van der Waals surface area contributed by atoms with Crippen molar-refractivity contribution in [2.24, 2.45) is 5.92 Å². The summed E-state index contributed by atoms with van der Waals surface area (Å²) in [4.78, 5) is 23.9. The van der Waals surface area contributed by atoms with Crippen molar-refractivity contribution in [2.45, 2.75) is 6.18 Å². The highest BCUT2D eigenvalue weighted by molar-refractivity contribution is 6.00. The van der Waals surface area contributed by atoms with E-state index in [-0.39, 0.29) is 0 Å². The highest BCUT2D eigenvalue weighted by Gasteiger charge is 2.51. The number of hydrogen-bond acceptors (Lipinski definition) is 2. The molecule has 0 saturated heterocycles. The van der Waals surface area contributed by atoms with Crippen molar-refractivity contribution in [3.05, 3.63) is 0 Å². The van der Waals surface area contributed by atoms with Gasteiger partial charge in [-0.3, -0.25) is 9.59 Å². The molecular weight excluding hydrogens is 213 g/mol. The van der Waals surface area contributed by atoms with Crippen LogP contribution in [0.3, 0.4) is 0 Å². The molecule has 0 aromatic carbocycles. The summed E-state index contributed by atoms with van der Waals surface area (Å²) >= 11 is 0. The number of carbonyl (C=O) groups is 2. The van der Waals surface area contributed by atoms with E-state index in [4.69, 9.17) is 0 Å². The Morgan fingerprint density at radius 2 is 1.20 bits per heavy atom. The van der Waals surface area contributed by atoms with Gasteiger partial charge in [-0.1, -0.05) is 0 Å². The molecule has 0 N–H and O–H groups in total. The molecule has 0 aromatic heterocycles. The standard InChI is InChI=1S/C8H13F3N2O2/c1-12(2)6(14)5(8(9,10)11)7(15)13(3)4/h5H,1-4H3. The zero-order valence-corrected chi connectivity index (χ0v) is 8.92. The van der Waals surface area contributed by atoms with Gasteiger partial charge in [0.25, 0.3) is 0 Å². The fraction of sp³-hybridized carbons (Fsp3) is 0.750. The van der Waals surface area contributed by atoms with E-state index in [1.165, 1.54) is 28.2 Å². The highest BCUT2D eigenvalue weighted by Crippen LogP contribution is 2.28. The van der Waals surface area contributed by atoms with Gasteiger partial charge < -0.3 is 9.80 Å². The lowest BCUT2D eigenvalue weighted by molar-refractivity contribution is -0.194. The van der Waals surface area contributed by atoms with Gasteiger partial charge in [0.05, 0.1) is 0 Å². The second-order valence-corrected chi connectivity index (χ2v) is 3.44. The molecule has 2 amide bonds. The third-order valence-corrected chi connectivity index (χ3v) is 1.70. The molecule has 4 nitrogen and oxygen atoms in total. The topological polar surface area (TPSA) is 40.6 Å². The minimum atomic E-state index is -4.86. The Balaban J connectivity index is 5.09. The molecule has 7 heteroatoms. The Morgan fingerprint density at radius 1 is 0.933 bits per heavy atom. The van der Waals surface area contributed by atoms with E-state index in [2.05, 4.69) is 0 Å². The van der Waals surface area contributed by atoms with E-state index in [9.17, 15) is 22.8 Å². The fourth-order valence-electron chi connectivity index (χ4n) is 0.902. The van der Waals surface area contributed by atoms with Crippen LogP contribution in [0.15, 0.2) is 0 Å². The van der Waals surface area contributed by atoms with Gasteiger partial charge in [-0.2, -0.15) is 13.2 Å². The molecule has 15 heavy (non-hydrogen) atoms. The van der Waals surface area contributed by atoms with Gasteiger partial charge in [-0.15, -0.1) is 0 Å². The van der Waals surface area contributed by atoms with Crippen molar-refractivity contribution < 1.29 is 22.8 Å². The van der Waals surface area contributed by atoms with Crippen LogP contribution in [0.2, 0.25) is 0 Å². The number of nitrogens with zero attached hydrogens (tertiary/aromatic N) is 2. The average Bonchev–Trinajstić information content (AvgIpc) is 2.01. The molecule has 0 rings (SSSR count). The molecule has 0 bridgehead atoms. The smallest absolute Gasteiger partial charge is 0.348 e. The molecule has 0 heterocycles. The third-order valence-electron chi connectivity index (χ3n) is 1.70. The molecule has 0 radical (unpaired) electrons. The van der Waals surface area contributed by atoms with Gasteiger partial charge in [0.1, 0.15) is 0 Å². The summed E-state index contributed by atoms with van der Waals surface area (Å²) in [6.45, 7) is 0. The molecular formula is C8H13F3N2O2. The fourth-order valence-corrected chi connectivity index (χ4v) is 0.902. The number of rotatable bonds is 2. The lowest BCUT2D eigenvalue weighted by Crippen LogP contribution is -2.47. The number of amides is 2. The van der Waals surface area contributed by atoms with Crippen LogP contribution in [0, 0.1) is 5.92 Å². The summed E-state index contributed by atoms with van der Waals surface area (Å²) in [6.07, 6.45) is -4.86. The first-order valence-corrected chi connectivity index (χ1v) is 4.08. The van der Waals surface area contributed by atoms with Gasteiger partial charge in [0.15, 0.2) is 0 Å². The second kappa shape index (κ2) is 4.50. The van der Waals surface area contributed by atoms with Crippen LogP contribution in [-0.4, -0.2) is 56.0 Å². The van der Waals surface area contributed by atoms with Crippen LogP contribution in [0.4, 0.5) is 13.2 Å². The van der Waals surface area contributed by atoms with E-state index in [1.807, 2.05) is 0 Å². The molecule has 88 valence electrons. The van der Waals surface area contributed by atoms with E-state index >= 15 is 0 Å².